The van der Waals surface area contributed by atoms with Crippen LogP contribution in [-0.2, 0) is 6.54 Å². The molecule has 0 bridgehead atoms. The second-order valence-corrected chi connectivity index (χ2v) is 7.02. The number of benzene rings is 1. The molecule has 136 valence electrons. The highest BCUT2D eigenvalue weighted by Gasteiger charge is 2.25. The first-order valence-corrected chi connectivity index (χ1v) is 8.61. The Kier molecular flexibility index (Phi) is 6.20. The van der Waals surface area contributed by atoms with Crippen LogP contribution in [0.1, 0.15) is 44.9 Å². The summed E-state index contributed by atoms with van der Waals surface area (Å²) in [7, 11) is 0. The summed E-state index contributed by atoms with van der Waals surface area (Å²) in [5, 5.41) is 20.1. The lowest BCUT2D eigenvalue weighted by Crippen LogP contribution is -2.47. The van der Waals surface area contributed by atoms with Gasteiger partial charge in [-0.2, -0.15) is 5.10 Å². The molecule has 0 saturated heterocycles. The average molecular weight is 344 g/mol. The van der Waals surface area contributed by atoms with Crippen molar-refractivity contribution in [1.29, 1.82) is 0 Å². The number of urea groups is 1. The molecule has 0 spiro atoms. The number of nitrogens with zero attached hydrogens (tertiary/aromatic N) is 2. The molecule has 6 nitrogen and oxygen atoms in total. The minimum absolute atomic E-state index is 0.0569. The summed E-state index contributed by atoms with van der Waals surface area (Å²) in [6.45, 7) is 8.36. The summed E-state index contributed by atoms with van der Waals surface area (Å²) in [5.74, 6) is 0.0569. The van der Waals surface area contributed by atoms with Crippen LogP contribution in [0.3, 0.4) is 0 Å². The third kappa shape index (κ3) is 5.60. The van der Waals surface area contributed by atoms with E-state index in [9.17, 15) is 9.90 Å². The number of aliphatic hydroxyl groups is 1. The van der Waals surface area contributed by atoms with E-state index in [2.05, 4.69) is 27.9 Å². The molecule has 0 radical (unpaired) electrons. The Morgan fingerprint density at radius 2 is 1.96 bits per heavy atom. The molecule has 2 atom stereocenters. The molecule has 2 rings (SSSR count). The van der Waals surface area contributed by atoms with Gasteiger partial charge in [0, 0.05) is 18.3 Å². The summed E-state index contributed by atoms with van der Waals surface area (Å²) in [6.07, 6.45) is 3.69. The van der Waals surface area contributed by atoms with Gasteiger partial charge in [0.2, 0.25) is 0 Å². The van der Waals surface area contributed by atoms with Gasteiger partial charge >= 0.3 is 6.03 Å². The van der Waals surface area contributed by atoms with E-state index in [1.807, 2.05) is 49.8 Å². The largest absolute Gasteiger partial charge is 0.388 e. The first-order chi connectivity index (χ1) is 11.8. The molecule has 2 amide bonds. The third-order valence-electron chi connectivity index (χ3n) is 4.54. The van der Waals surface area contributed by atoms with Gasteiger partial charge in [-0.3, -0.25) is 4.68 Å². The summed E-state index contributed by atoms with van der Waals surface area (Å²) in [5.41, 5.74) is 1.18. The molecule has 0 saturated carbocycles. The van der Waals surface area contributed by atoms with Crippen LogP contribution in [0.4, 0.5) is 4.79 Å². The highest BCUT2D eigenvalue weighted by molar-refractivity contribution is 5.74. The van der Waals surface area contributed by atoms with E-state index < -0.39 is 5.60 Å². The van der Waals surface area contributed by atoms with Crippen molar-refractivity contribution in [2.24, 2.45) is 5.92 Å². The highest BCUT2D eigenvalue weighted by Crippen LogP contribution is 2.15. The number of amides is 2. The van der Waals surface area contributed by atoms with E-state index in [0.717, 1.165) is 5.56 Å². The molecule has 2 unspecified atom stereocenters. The lowest BCUT2D eigenvalue weighted by molar-refractivity contribution is 0.0165. The Balaban J connectivity index is 1.86. The molecule has 6 heteroatoms. The van der Waals surface area contributed by atoms with Gasteiger partial charge in [-0.15, -0.1) is 0 Å². The predicted octanol–water partition coefficient (Wildman–Crippen LogP) is 2.70. The Labute approximate surface area is 149 Å². The molecule has 1 aromatic carbocycles. The van der Waals surface area contributed by atoms with Gasteiger partial charge in [0.25, 0.3) is 0 Å². The molecule has 0 fully saturated rings. The van der Waals surface area contributed by atoms with E-state index in [0.29, 0.717) is 6.54 Å². The number of carbonyl (C=O) groups is 1. The number of aromatic nitrogens is 2. The highest BCUT2D eigenvalue weighted by atomic mass is 16.3. The number of carbonyl (C=O) groups excluding carboxylic acids is 1. The fourth-order valence-corrected chi connectivity index (χ4v) is 2.25. The van der Waals surface area contributed by atoms with Gasteiger partial charge in [0.15, 0.2) is 0 Å². The van der Waals surface area contributed by atoms with Crippen molar-refractivity contribution in [3.8, 4) is 0 Å². The Morgan fingerprint density at radius 3 is 2.60 bits per heavy atom. The van der Waals surface area contributed by atoms with E-state index in [4.69, 9.17) is 0 Å². The maximum atomic E-state index is 12.0. The number of hydrogen-bond acceptors (Lipinski definition) is 3. The smallest absolute Gasteiger partial charge is 0.315 e. The van der Waals surface area contributed by atoms with Gasteiger partial charge in [0.05, 0.1) is 24.4 Å². The van der Waals surface area contributed by atoms with Crippen LogP contribution in [-0.4, -0.2) is 33.1 Å². The van der Waals surface area contributed by atoms with Crippen LogP contribution in [0.25, 0.3) is 0 Å². The normalized spacial score (nSPS) is 14.8. The number of rotatable bonds is 7. The Hall–Kier alpha value is -2.34. The van der Waals surface area contributed by atoms with Crippen molar-refractivity contribution < 1.29 is 9.90 Å². The molecule has 25 heavy (non-hydrogen) atoms. The fraction of sp³-hybridized carbons (Fsp3) is 0.474. The summed E-state index contributed by atoms with van der Waals surface area (Å²) in [6, 6.07) is 9.62. The lowest BCUT2D eigenvalue weighted by atomic mass is 9.93. The van der Waals surface area contributed by atoms with Crippen LogP contribution < -0.4 is 10.6 Å². The molecular weight excluding hydrogens is 316 g/mol. The van der Waals surface area contributed by atoms with Crippen molar-refractivity contribution in [2.75, 3.05) is 6.54 Å². The number of nitrogens with one attached hydrogen (secondary N) is 2. The first kappa shape index (κ1) is 19.0. The van der Waals surface area contributed by atoms with Gasteiger partial charge in [-0.1, -0.05) is 44.2 Å². The molecule has 0 aliphatic rings. The van der Waals surface area contributed by atoms with Crippen LogP contribution in [0.15, 0.2) is 42.7 Å². The van der Waals surface area contributed by atoms with Gasteiger partial charge in [-0.05, 0) is 25.3 Å². The maximum Gasteiger partial charge on any atom is 0.315 e. The van der Waals surface area contributed by atoms with Gasteiger partial charge in [0.1, 0.15) is 0 Å². The Bertz CT molecular complexity index is 680. The minimum Gasteiger partial charge on any atom is -0.388 e. The van der Waals surface area contributed by atoms with E-state index in [1.165, 1.54) is 5.56 Å². The zero-order chi connectivity index (χ0) is 18.4. The van der Waals surface area contributed by atoms with E-state index >= 15 is 0 Å². The zero-order valence-electron chi connectivity index (χ0n) is 15.4. The predicted molar refractivity (Wildman–Crippen MR) is 98.2 cm³/mol. The summed E-state index contributed by atoms with van der Waals surface area (Å²) < 4.78 is 1.85. The number of hydrogen-bond donors (Lipinski definition) is 3. The van der Waals surface area contributed by atoms with Crippen molar-refractivity contribution in [1.82, 2.24) is 20.4 Å². The first-order valence-electron chi connectivity index (χ1n) is 8.61. The summed E-state index contributed by atoms with van der Waals surface area (Å²) >= 11 is 0. The van der Waals surface area contributed by atoms with Crippen molar-refractivity contribution in [3.63, 3.8) is 0 Å². The summed E-state index contributed by atoms with van der Waals surface area (Å²) in [4.78, 5) is 12.0. The quantitative estimate of drug-likeness (QED) is 0.722. The molecule has 2 aromatic rings. The molecule has 3 N–H and O–H groups in total. The zero-order valence-corrected chi connectivity index (χ0v) is 15.4. The SMILES string of the molecule is CC(NC(=O)NCC(C)(O)C(C)C)c1cnn(Cc2ccccc2)c1. The van der Waals surface area contributed by atoms with Crippen molar-refractivity contribution >= 4 is 6.03 Å². The third-order valence-corrected chi connectivity index (χ3v) is 4.54. The van der Waals surface area contributed by atoms with Crippen molar-refractivity contribution in [2.45, 2.75) is 45.9 Å². The fourth-order valence-electron chi connectivity index (χ4n) is 2.25. The molecule has 1 aromatic heterocycles. The minimum atomic E-state index is -0.929. The average Bonchev–Trinajstić information content (AvgIpc) is 3.02. The van der Waals surface area contributed by atoms with Crippen LogP contribution >= 0.6 is 0 Å². The molecular formula is C19H28N4O2. The molecule has 0 aliphatic heterocycles. The van der Waals surface area contributed by atoms with Crippen molar-refractivity contribution in [3.05, 3.63) is 53.9 Å². The monoisotopic (exact) mass is 344 g/mol. The second-order valence-electron chi connectivity index (χ2n) is 7.02. The lowest BCUT2D eigenvalue weighted by Gasteiger charge is -2.28. The van der Waals surface area contributed by atoms with Gasteiger partial charge in [-0.25, -0.2) is 4.79 Å². The molecule has 0 aliphatic carbocycles. The standard InChI is InChI=1S/C19H28N4O2/c1-14(2)19(4,25)13-20-18(24)22-15(3)17-10-21-23(12-17)11-16-8-6-5-7-9-16/h5-10,12,14-15,25H,11,13H2,1-4H3,(H2,20,22,24). The maximum absolute atomic E-state index is 12.0. The van der Waals surface area contributed by atoms with Crippen LogP contribution in [0, 0.1) is 5.92 Å². The van der Waals surface area contributed by atoms with Crippen LogP contribution in [0.5, 0.6) is 0 Å². The molecule has 1 heterocycles. The van der Waals surface area contributed by atoms with E-state index in [-0.39, 0.29) is 24.5 Å². The topological polar surface area (TPSA) is 79.2 Å². The van der Waals surface area contributed by atoms with E-state index in [1.54, 1.807) is 13.1 Å². The second kappa shape index (κ2) is 8.16. The Morgan fingerprint density at radius 1 is 1.28 bits per heavy atom. The van der Waals surface area contributed by atoms with Crippen LogP contribution in [0.2, 0.25) is 0 Å². The van der Waals surface area contributed by atoms with Gasteiger partial charge < -0.3 is 15.7 Å².